The molecule has 0 atom stereocenters. The van der Waals surface area contributed by atoms with Crippen LogP contribution < -0.4 is 5.56 Å². The first-order valence-corrected chi connectivity index (χ1v) is 12.1. The van der Waals surface area contributed by atoms with Crippen LogP contribution in [-0.2, 0) is 17.0 Å². The zero-order chi connectivity index (χ0) is 22.5. The largest absolute Gasteiger partial charge is 0.465 e. The van der Waals surface area contributed by atoms with Crippen LogP contribution in [0, 0.1) is 0 Å². The fourth-order valence-corrected chi connectivity index (χ4v) is 5.10. The number of halogens is 1. The van der Waals surface area contributed by atoms with Crippen molar-refractivity contribution in [3.63, 3.8) is 0 Å². The summed E-state index contributed by atoms with van der Waals surface area (Å²) in [5.41, 5.74) is 3.26. The van der Waals surface area contributed by atoms with Crippen LogP contribution in [0.1, 0.15) is 48.0 Å². The zero-order valence-electron chi connectivity index (χ0n) is 18.0. The van der Waals surface area contributed by atoms with Crippen LogP contribution in [0.5, 0.6) is 0 Å². The molecule has 7 heteroatoms. The van der Waals surface area contributed by atoms with Crippen LogP contribution in [0.2, 0.25) is 5.02 Å². The molecular weight excluding hydrogens is 444 g/mol. The molecule has 0 radical (unpaired) electrons. The lowest BCUT2D eigenvalue weighted by molar-refractivity contribution is 0.0601. The summed E-state index contributed by atoms with van der Waals surface area (Å²) >= 11 is 7.63. The SMILES string of the molecule is COC(=O)c1ccc2c(=O)n(CCC3=CCCCC3)c(SCc3cccc(Cl)c3)nc2c1. The van der Waals surface area contributed by atoms with Crippen molar-refractivity contribution in [2.24, 2.45) is 0 Å². The zero-order valence-corrected chi connectivity index (χ0v) is 19.5. The summed E-state index contributed by atoms with van der Waals surface area (Å²) in [6.07, 6.45) is 7.83. The molecule has 0 unspecified atom stereocenters. The number of carbonyl (C=O) groups is 1. The van der Waals surface area contributed by atoms with Gasteiger partial charge in [-0.2, -0.15) is 0 Å². The molecule has 0 saturated carbocycles. The van der Waals surface area contributed by atoms with Gasteiger partial charge in [0.2, 0.25) is 0 Å². The quantitative estimate of drug-likeness (QED) is 0.183. The second kappa shape index (κ2) is 10.4. The predicted molar refractivity (Wildman–Crippen MR) is 130 cm³/mol. The van der Waals surface area contributed by atoms with Gasteiger partial charge in [-0.3, -0.25) is 9.36 Å². The molecule has 2 aromatic carbocycles. The van der Waals surface area contributed by atoms with Gasteiger partial charge in [0.05, 0.1) is 23.6 Å². The molecule has 0 N–H and O–H groups in total. The van der Waals surface area contributed by atoms with Crippen LogP contribution in [0.3, 0.4) is 0 Å². The van der Waals surface area contributed by atoms with Gasteiger partial charge in [0.1, 0.15) is 0 Å². The van der Waals surface area contributed by atoms with Gasteiger partial charge in [-0.15, -0.1) is 0 Å². The number of aromatic nitrogens is 2. The summed E-state index contributed by atoms with van der Waals surface area (Å²) in [4.78, 5) is 30.1. The van der Waals surface area contributed by atoms with Gasteiger partial charge in [0, 0.05) is 17.3 Å². The maximum absolute atomic E-state index is 13.4. The van der Waals surface area contributed by atoms with E-state index in [4.69, 9.17) is 21.3 Å². The highest BCUT2D eigenvalue weighted by Crippen LogP contribution is 2.26. The first-order chi connectivity index (χ1) is 15.5. The lowest BCUT2D eigenvalue weighted by atomic mass is 9.97. The Bertz CT molecular complexity index is 1240. The highest BCUT2D eigenvalue weighted by atomic mass is 35.5. The smallest absolute Gasteiger partial charge is 0.337 e. The van der Waals surface area contributed by atoms with Crippen LogP contribution in [0.15, 0.2) is 64.1 Å². The van der Waals surface area contributed by atoms with Gasteiger partial charge in [0.25, 0.3) is 5.56 Å². The third-order valence-electron chi connectivity index (χ3n) is 5.64. The predicted octanol–water partition coefficient (Wildman–Crippen LogP) is 6.02. The van der Waals surface area contributed by atoms with Crippen molar-refractivity contribution in [2.45, 2.75) is 49.6 Å². The van der Waals surface area contributed by atoms with E-state index in [-0.39, 0.29) is 5.56 Å². The Morgan fingerprint density at radius 2 is 2.09 bits per heavy atom. The molecule has 0 aliphatic heterocycles. The van der Waals surface area contributed by atoms with Crippen molar-refractivity contribution in [2.75, 3.05) is 7.11 Å². The third-order valence-corrected chi connectivity index (χ3v) is 6.92. The minimum absolute atomic E-state index is 0.0866. The van der Waals surface area contributed by atoms with Crippen LogP contribution in [0.4, 0.5) is 0 Å². The van der Waals surface area contributed by atoms with E-state index >= 15 is 0 Å². The number of thioether (sulfide) groups is 1. The molecule has 1 aliphatic rings. The number of ether oxygens (including phenoxy) is 1. The van der Waals surface area contributed by atoms with Crippen molar-refractivity contribution in [1.82, 2.24) is 9.55 Å². The van der Waals surface area contributed by atoms with Gasteiger partial charge < -0.3 is 4.74 Å². The molecule has 32 heavy (non-hydrogen) atoms. The lowest BCUT2D eigenvalue weighted by Crippen LogP contribution is -2.24. The fourth-order valence-electron chi connectivity index (χ4n) is 3.91. The molecule has 0 amide bonds. The van der Waals surface area contributed by atoms with Gasteiger partial charge in [-0.25, -0.2) is 9.78 Å². The molecular formula is C25H25ClN2O3S. The molecule has 5 nitrogen and oxygen atoms in total. The summed E-state index contributed by atoms with van der Waals surface area (Å²) in [6.45, 7) is 0.588. The Hall–Kier alpha value is -2.57. The van der Waals surface area contributed by atoms with Gasteiger partial charge in [-0.1, -0.05) is 47.1 Å². The van der Waals surface area contributed by atoms with E-state index in [1.807, 2.05) is 24.3 Å². The number of methoxy groups -OCH3 is 1. The summed E-state index contributed by atoms with van der Waals surface area (Å²) < 4.78 is 6.59. The standard InChI is InChI=1S/C25H25ClN2O3S/c1-31-24(30)19-10-11-21-22(15-19)27-25(32-16-18-8-5-9-20(26)14-18)28(23(21)29)13-12-17-6-3-2-4-7-17/h5-6,8-11,14-15H,2-4,7,12-13,16H2,1H3. The van der Waals surface area contributed by atoms with E-state index in [1.54, 1.807) is 22.8 Å². The number of esters is 1. The van der Waals surface area contributed by atoms with E-state index in [0.717, 1.165) is 24.8 Å². The van der Waals surface area contributed by atoms with Crippen LogP contribution >= 0.6 is 23.4 Å². The molecule has 166 valence electrons. The lowest BCUT2D eigenvalue weighted by Gasteiger charge is -2.16. The molecule has 4 rings (SSSR count). The monoisotopic (exact) mass is 468 g/mol. The average molecular weight is 469 g/mol. The molecule has 1 aromatic heterocycles. The maximum atomic E-state index is 13.4. The second-order valence-electron chi connectivity index (χ2n) is 7.85. The number of carbonyl (C=O) groups excluding carboxylic acids is 1. The number of fused-ring (bicyclic) bond motifs is 1. The summed E-state index contributed by atoms with van der Waals surface area (Å²) in [5.74, 6) is 0.188. The first kappa shape index (κ1) is 22.6. The topological polar surface area (TPSA) is 61.2 Å². The van der Waals surface area contributed by atoms with Gasteiger partial charge in [-0.05, 0) is 68.0 Å². The van der Waals surface area contributed by atoms with Crippen molar-refractivity contribution < 1.29 is 9.53 Å². The molecule has 0 bridgehead atoms. The number of rotatable bonds is 7. The van der Waals surface area contributed by atoms with Gasteiger partial charge >= 0.3 is 5.97 Å². The molecule has 3 aromatic rings. The molecule has 1 aliphatic carbocycles. The number of hydrogen-bond donors (Lipinski definition) is 0. The second-order valence-corrected chi connectivity index (χ2v) is 9.23. The van der Waals surface area contributed by atoms with E-state index in [9.17, 15) is 9.59 Å². The molecule has 0 fully saturated rings. The fraction of sp³-hybridized carbons (Fsp3) is 0.320. The van der Waals surface area contributed by atoms with E-state index in [0.29, 0.717) is 38.9 Å². The number of benzene rings is 2. The van der Waals surface area contributed by atoms with E-state index < -0.39 is 5.97 Å². The first-order valence-electron chi connectivity index (χ1n) is 10.7. The van der Waals surface area contributed by atoms with Gasteiger partial charge in [0.15, 0.2) is 5.16 Å². The number of nitrogens with zero attached hydrogens (tertiary/aromatic N) is 2. The number of hydrogen-bond acceptors (Lipinski definition) is 5. The Labute approximate surface area is 196 Å². The Balaban J connectivity index is 1.70. The summed E-state index contributed by atoms with van der Waals surface area (Å²) in [7, 11) is 1.34. The van der Waals surface area contributed by atoms with Crippen LogP contribution in [-0.4, -0.2) is 22.6 Å². The van der Waals surface area contributed by atoms with Crippen molar-refractivity contribution >= 4 is 40.2 Å². The third kappa shape index (κ3) is 5.25. The number of allylic oxidation sites excluding steroid dienone is 2. The Morgan fingerprint density at radius 1 is 1.22 bits per heavy atom. The normalized spacial score (nSPS) is 13.8. The van der Waals surface area contributed by atoms with E-state index in [2.05, 4.69) is 6.08 Å². The Kier molecular flexibility index (Phi) is 7.33. The van der Waals surface area contributed by atoms with Crippen LogP contribution in [0.25, 0.3) is 10.9 Å². The van der Waals surface area contributed by atoms with Crippen molar-refractivity contribution in [1.29, 1.82) is 0 Å². The molecule has 0 spiro atoms. The Morgan fingerprint density at radius 3 is 2.84 bits per heavy atom. The maximum Gasteiger partial charge on any atom is 0.337 e. The van der Waals surface area contributed by atoms with E-state index in [1.165, 1.54) is 37.3 Å². The minimum atomic E-state index is -0.449. The van der Waals surface area contributed by atoms with Crippen molar-refractivity contribution in [3.05, 3.63) is 80.6 Å². The van der Waals surface area contributed by atoms with Crippen molar-refractivity contribution in [3.8, 4) is 0 Å². The highest BCUT2D eigenvalue weighted by molar-refractivity contribution is 7.98. The summed E-state index contributed by atoms with van der Waals surface area (Å²) in [5, 5.41) is 1.82. The minimum Gasteiger partial charge on any atom is -0.465 e. The average Bonchev–Trinajstić information content (AvgIpc) is 2.82. The molecule has 1 heterocycles. The summed E-state index contributed by atoms with van der Waals surface area (Å²) in [6, 6.07) is 12.6. The molecule has 0 saturated heterocycles. The highest BCUT2D eigenvalue weighted by Gasteiger charge is 2.15.